The molecule has 2 N–H and O–H groups in total. The zero-order valence-corrected chi connectivity index (χ0v) is 12.2. The molecule has 3 heteroatoms. The Morgan fingerprint density at radius 1 is 1.00 bits per heavy atom. The molecule has 21 heavy (non-hydrogen) atoms. The molecule has 0 saturated heterocycles. The summed E-state index contributed by atoms with van der Waals surface area (Å²) in [6.45, 7) is 0. The first-order valence-corrected chi connectivity index (χ1v) is 7.77. The van der Waals surface area contributed by atoms with Gasteiger partial charge in [-0.25, -0.2) is 0 Å². The largest absolute Gasteiger partial charge is 0.320 e. The Labute approximate surface area is 126 Å². The topological polar surface area (TPSA) is 38.9 Å². The van der Waals surface area contributed by atoms with Crippen molar-refractivity contribution in [2.45, 2.75) is 6.04 Å². The zero-order chi connectivity index (χ0) is 14.2. The summed E-state index contributed by atoms with van der Waals surface area (Å²) in [5.41, 5.74) is 9.82. The van der Waals surface area contributed by atoms with Gasteiger partial charge in [-0.3, -0.25) is 4.98 Å². The van der Waals surface area contributed by atoms with E-state index in [0.29, 0.717) is 0 Å². The third-order valence-electron chi connectivity index (χ3n) is 3.83. The molecule has 0 aliphatic heterocycles. The quantitative estimate of drug-likeness (QED) is 0.590. The fraction of sp³-hybridized carbons (Fsp3) is 0.0556. The molecule has 4 aromatic rings. The average Bonchev–Trinajstić information content (AvgIpc) is 2.98. The Hall–Kier alpha value is -2.23. The number of nitrogens with two attached hydrogens (primary N) is 1. The number of pyridine rings is 1. The number of aromatic nitrogens is 1. The van der Waals surface area contributed by atoms with Gasteiger partial charge in [-0.15, -0.1) is 11.3 Å². The summed E-state index contributed by atoms with van der Waals surface area (Å²) in [6, 6.07) is 18.6. The molecule has 0 radical (unpaired) electrons. The standard InChI is InChI=1S/C18H14N2S/c19-18(15-11-21-17-6-2-1-5-14(15)17)13-7-8-16-12(10-13)4-3-9-20-16/h1-11,18H,19H2. The first kappa shape index (κ1) is 12.5. The molecule has 2 nitrogen and oxygen atoms in total. The maximum Gasteiger partial charge on any atom is 0.0702 e. The van der Waals surface area contributed by atoms with E-state index in [1.165, 1.54) is 15.6 Å². The van der Waals surface area contributed by atoms with E-state index in [1.54, 1.807) is 11.3 Å². The summed E-state index contributed by atoms with van der Waals surface area (Å²) in [4.78, 5) is 4.36. The molecule has 2 aromatic carbocycles. The maximum atomic E-state index is 6.50. The number of hydrogen-bond acceptors (Lipinski definition) is 3. The van der Waals surface area contributed by atoms with Gasteiger partial charge in [0.25, 0.3) is 0 Å². The summed E-state index contributed by atoms with van der Waals surface area (Å²) in [7, 11) is 0. The van der Waals surface area contributed by atoms with E-state index in [2.05, 4.69) is 52.8 Å². The van der Waals surface area contributed by atoms with Crippen LogP contribution in [0.1, 0.15) is 17.2 Å². The van der Waals surface area contributed by atoms with Crippen molar-refractivity contribution >= 4 is 32.3 Å². The smallest absolute Gasteiger partial charge is 0.0702 e. The second kappa shape index (κ2) is 4.95. The molecule has 2 heterocycles. The van der Waals surface area contributed by atoms with Crippen molar-refractivity contribution in [3.05, 3.63) is 77.3 Å². The van der Waals surface area contributed by atoms with Crippen LogP contribution >= 0.6 is 11.3 Å². The van der Waals surface area contributed by atoms with E-state index in [4.69, 9.17) is 5.73 Å². The SMILES string of the molecule is NC(c1ccc2ncccc2c1)c1csc2ccccc12. The molecule has 0 saturated carbocycles. The van der Waals surface area contributed by atoms with Crippen LogP contribution in [0.3, 0.4) is 0 Å². The molecule has 0 spiro atoms. The predicted octanol–water partition coefficient (Wildman–Crippen LogP) is 4.50. The average molecular weight is 290 g/mol. The second-order valence-corrected chi connectivity index (χ2v) is 6.03. The van der Waals surface area contributed by atoms with Crippen LogP contribution in [0.2, 0.25) is 0 Å². The van der Waals surface area contributed by atoms with Crippen LogP contribution in [0, 0.1) is 0 Å². The Morgan fingerprint density at radius 2 is 1.90 bits per heavy atom. The number of thiophene rings is 1. The van der Waals surface area contributed by atoms with Crippen LogP contribution in [0.5, 0.6) is 0 Å². The van der Waals surface area contributed by atoms with Gasteiger partial charge in [0.2, 0.25) is 0 Å². The Balaban J connectivity index is 1.83. The Bertz CT molecular complexity index is 926. The summed E-state index contributed by atoms with van der Waals surface area (Å²) in [6.07, 6.45) is 1.81. The van der Waals surface area contributed by atoms with E-state index in [0.717, 1.165) is 16.5 Å². The predicted molar refractivity (Wildman–Crippen MR) is 89.6 cm³/mol. The highest BCUT2D eigenvalue weighted by Gasteiger charge is 2.14. The molecule has 1 atom stereocenters. The van der Waals surface area contributed by atoms with Crippen molar-refractivity contribution in [1.82, 2.24) is 4.98 Å². The van der Waals surface area contributed by atoms with Gasteiger partial charge in [-0.05, 0) is 46.2 Å². The molecule has 0 aliphatic carbocycles. The monoisotopic (exact) mass is 290 g/mol. The molecule has 4 rings (SSSR count). The van der Waals surface area contributed by atoms with Gasteiger partial charge in [0.15, 0.2) is 0 Å². The third kappa shape index (κ3) is 2.11. The summed E-state index contributed by atoms with van der Waals surface area (Å²) in [5, 5.41) is 4.55. The highest BCUT2D eigenvalue weighted by atomic mass is 32.1. The van der Waals surface area contributed by atoms with Crippen LogP contribution in [0.4, 0.5) is 0 Å². The minimum Gasteiger partial charge on any atom is -0.320 e. The van der Waals surface area contributed by atoms with Gasteiger partial charge in [0.05, 0.1) is 11.6 Å². The number of hydrogen-bond donors (Lipinski definition) is 1. The lowest BCUT2D eigenvalue weighted by atomic mass is 9.98. The Morgan fingerprint density at radius 3 is 2.86 bits per heavy atom. The van der Waals surface area contributed by atoms with Gasteiger partial charge in [-0.2, -0.15) is 0 Å². The van der Waals surface area contributed by atoms with Gasteiger partial charge < -0.3 is 5.73 Å². The van der Waals surface area contributed by atoms with Crippen molar-refractivity contribution in [3.8, 4) is 0 Å². The second-order valence-electron chi connectivity index (χ2n) is 5.12. The normalized spacial score (nSPS) is 12.8. The summed E-state index contributed by atoms with van der Waals surface area (Å²) in [5.74, 6) is 0. The van der Waals surface area contributed by atoms with Gasteiger partial charge in [0, 0.05) is 16.3 Å². The highest BCUT2D eigenvalue weighted by molar-refractivity contribution is 7.17. The van der Waals surface area contributed by atoms with E-state index in [1.807, 2.05) is 18.3 Å². The van der Waals surface area contributed by atoms with Crippen LogP contribution in [-0.2, 0) is 0 Å². The molecular formula is C18H14N2S. The van der Waals surface area contributed by atoms with E-state index in [9.17, 15) is 0 Å². The lowest BCUT2D eigenvalue weighted by Crippen LogP contribution is -2.11. The summed E-state index contributed by atoms with van der Waals surface area (Å²) < 4.78 is 1.28. The molecule has 0 amide bonds. The first-order chi connectivity index (χ1) is 10.3. The fourth-order valence-corrected chi connectivity index (χ4v) is 3.70. The molecule has 0 bridgehead atoms. The van der Waals surface area contributed by atoms with E-state index in [-0.39, 0.29) is 6.04 Å². The van der Waals surface area contributed by atoms with Gasteiger partial charge in [0.1, 0.15) is 0 Å². The highest BCUT2D eigenvalue weighted by Crippen LogP contribution is 2.32. The lowest BCUT2D eigenvalue weighted by molar-refractivity contribution is 0.886. The molecule has 1 unspecified atom stereocenters. The number of fused-ring (bicyclic) bond motifs is 2. The van der Waals surface area contributed by atoms with Crippen LogP contribution in [-0.4, -0.2) is 4.98 Å². The fourth-order valence-electron chi connectivity index (χ4n) is 2.71. The number of nitrogens with zero attached hydrogens (tertiary/aromatic N) is 1. The van der Waals surface area contributed by atoms with Crippen molar-refractivity contribution in [1.29, 1.82) is 0 Å². The first-order valence-electron chi connectivity index (χ1n) is 6.89. The molecule has 2 aromatic heterocycles. The van der Waals surface area contributed by atoms with Crippen LogP contribution < -0.4 is 5.73 Å². The van der Waals surface area contributed by atoms with Crippen molar-refractivity contribution in [3.63, 3.8) is 0 Å². The van der Waals surface area contributed by atoms with Crippen molar-refractivity contribution in [2.75, 3.05) is 0 Å². The van der Waals surface area contributed by atoms with E-state index >= 15 is 0 Å². The van der Waals surface area contributed by atoms with Gasteiger partial charge in [-0.1, -0.05) is 30.3 Å². The molecule has 102 valence electrons. The maximum absolute atomic E-state index is 6.50. The number of rotatable bonds is 2. The Kier molecular flexibility index (Phi) is 2.95. The zero-order valence-electron chi connectivity index (χ0n) is 11.4. The third-order valence-corrected chi connectivity index (χ3v) is 4.81. The molecule has 0 aliphatic rings. The van der Waals surface area contributed by atoms with Crippen molar-refractivity contribution in [2.24, 2.45) is 5.73 Å². The minimum absolute atomic E-state index is 0.106. The lowest BCUT2D eigenvalue weighted by Gasteiger charge is -2.12. The minimum atomic E-state index is -0.106. The van der Waals surface area contributed by atoms with E-state index < -0.39 is 0 Å². The molecule has 0 fully saturated rings. The van der Waals surface area contributed by atoms with Crippen LogP contribution in [0.25, 0.3) is 21.0 Å². The summed E-state index contributed by atoms with van der Waals surface area (Å²) >= 11 is 1.75. The number of benzene rings is 2. The van der Waals surface area contributed by atoms with Crippen molar-refractivity contribution < 1.29 is 0 Å². The van der Waals surface area contributed by atoms with Gasteiger partial charge >= 0.3 is 0 Å². The van der Waals surface area contributed by atoms with Crippen LogP contribution in [0.15, 0.2) is 66.2 Å². The molecular weight excluding hydrogens is 276 g/mol.